The summed E-state index contributed by atoms with van der Waals surface area (Å²) in [5.41, 5.74) is 0.844. The summed E-state index contributed by atoms with van der Waals surface area (Å²) >= 11 is 2.99. The summed E-state index contributed by atoms with van der Waals surface area (Å²) in [4.78, 5) is 11.5. The highest BCUT2D eigenvalue weighted by molar-refractivity contribution is 8.22. The topological polar surface area (TPSA) is 54.0 Å². The van der Waals surface area contributed by atoms with E-state index in [1.54, 1.807) is 24.8 Å². The molecular formula is C15H17N2O2S2+. The van der Waals surface area contributed by atoms with Crippen molar-refractivity contribution in [2.75, 3.05) is 18.6 Å². The number of esters is 1. The van der Waals surface area contributed by atoms with Crippen LogP contribution in [0.15, 0.2) is 47.0 Å². The van der Waals surface area contributed by atoms with Gasteiger partial charge >= 0.3 is 5.97 Å². The first-order valence-corrected chi connectivity index (χ1v) is 8.53. The van der Waals surface area contributed by atoms with Gasteiger partial charge in [-0.3, -0.25) is 0 Å². The fourth-order valence-electron chi connectivity index (χ4n) is 1.49. The van der Waals surface area contributed by atoms with Gasteiger partial charge in [-0.15, -0.1) is 11.8 Å². The van der Waals surface area contributed by atoms with E-state index in [-0.39, 0.29) is 5.97 Å². The Bertz CT molecular complexity index is 563. The number of nitrogens with zero attached hydrogens (tertiary/aromatic N) is 2. The molecule has 0 atom stereocenters. The fourth-order valence-corrected chi connectivity index (χ4v) is 3.04. The van der Waals surface area contributed by atoms with E-state index in [0.717, 1.165) is 9.93 Å². The number of nitriles is 1. The molecule has 0 aliphatic carbocycles. The molecular weight excluding hydrogens is 304 g/mol. The van der Waals surface area contributed by atoms with Gasteiger partial charge in [0, 0.05) is 24.3 Å². The summed E-state index contributed by atoms with van der Waals surface area (Å²) in [5.74, 6) is -0.0161. The van der Waals surface area contributed by atoms with E-state index in [1.807, 2.05) is 41.4 Å². The van der Waals surface area contributed by atoms with Crippen LogP contribution in [0.5, 0.6) is 0 Å². The predicted octanol–water partition coefficient (Wildman–Crippen LogP) is 2.84. The Hall–Kier alpha value is -1.71. The molecule has 0 fully saturated rings. The molecule has 0 aromatic carbocycles. The molecule has 0 aliphatic heterocycles. The first kappa shape index (κ1) is 17.3. The van der Waals surface area contributed by atoms with Crippen LogP contribution in [0.2, 0.25) is 0 Å². The number of carbonyl (C=O) groups excluding carboxylic acids is 1. The molecule has 4 nitrogen and oxygen atoms in total. The van der Waals surface area contributed by atoms with Crippen molar-refractivity contribution >= 4 is 35.2 Å². The van der Waals surface area contributed by atoms with Crippen molar-refractivity contribution < 1.29 is 14.1 Å². The molecule has 21 heavy (non-hydrogen) atoms. The number of allylic oxidation sites excluding steroid dienone is 2. The second-order valence-corrected chi connectivity index (χ2v) is 5.75. The summed E-state index contributed by atoms with van der Waals surface area (Å²) in [5, 5.41) is 8.75. The zero-order valence-electron chi connectivity index (χ0n) is 12.0. The summed E-state index contributed by atoms with van der Waals surface area (Å²) in [6, 6.07) is 7.85. The molecule has 0 bridgehead atoms. The van der Waals surface area contributed by atoms with Crippen LogP contribution in [0.3, 0.4) is 0 Å². The Labute approximate surface area is 133 Å². The van der Waals surface area contributed by atoms with E-state index in [2.05, 4.69) is 6.07 Å². The third-order valence-corrected chi connectivity index (χ3v) is 4.50. The molecule has 1 aromatic heterocycles. The van der Waals surface area contributed by atoms with Crippen LogP contribution in [0.1, 0.15) is 6.92 Å². The number of hydrogen-bond acceptors (Lipinski definition) is 5. The molecule has 6 heteroatoms. The van der Waals surface area contributed by atoms with Gasteiger partial charge in [-0.25, -0.2) is 4.79 Å². The predicted molar refractivity (Wildman–Crippen MR) is 87.2 cm³/mol. The quantitative estimate of drug-likeness (QED) is 0.334. The zero-order chi connectivity index (χ0) is 15.5. The highest BCUT2D eigenvalue weighted by Crippen LogP contribution is 2.30. The lowest BCUT2D eigenvalue weighted by molar-refractivity contribution is -0.578. The molecule has 0 aliphatic rings. The van der Waals surface area contributed by atoms with Crippen molar-refractivity contribution in [1.82, 2.24) is 0 Å². The van der Waals surface area contributed by atoms with Crippen molar-refractivity contribution in [3.05, 3.63) is 47.0 Å². The van der Waals surface area contributed by atoms with Gasteiger partial charge in [0.25, 0.3) is 0 Å². The van der Waals surface area contributed by atoms with Crippen molar-refractivity contribution in [3.8, 4) is 6.07 Å². The highest BCUT2D eigenvalue weighted by Gasteiger charge is 2.14. The van der Waals surface area contributed by atoms with E-state index in [9.17, 15) is 4.79 Å². The maximum Gasteiger partial charge on any atom is 0.330 e. The van der Waals surface area contributed by atoms with Gasteiger partial charge in [0.05, 0.1) is 18.4 Å². The molecule has 110 valence electrons. The number of carbonyl (C=O) groups is 1. The van der Waals surface area contributed by atoms with Gasteiger partial charge in [-0.1, -0.05) is 17.8 Å². The Kier molecular flexibility index (Phi) is 8.32. The van der Waals surface area contributed by atoms with Gasteiger partial charge in [0.15, 0.2) is 12.4 Å². The fraction of sp³-hybridized carbons (Fsp3) is 0.267. The van der Waals surface area contributed by atoms with Gasteiger partial charge in [-0.05, 0) is 13.2 Å². The van der Waals surface area contributed by atoms with Crippen molar-refractivity contribution in [1.29, 1.82) is 5.26 Å². The smallest absolute Gasteiger partial charge is 0.330 e. The van der Waals surface area contributed by atoms with Crippen molar-refractivity contribution in [2.45, 2.75) is 6.92 Å². The molecule has 0 amide bonds. The Morgan fingerprint density at radius 3 is 2.62 bits per heavy atom. The van der Waals surface area contributed by atoms with Gasteiger partial charge < -0.3 is 4.74 Å². The first-order chi connectivity index (χ1) is 10.2. The number of ether oxygens (including phenoxy) is 1. The van der Waals surface area contributed by atoms with Crippen molar-refractivity contribution in [3.63, 3.8) is 0 Å². The van der Waals surface area contributed by atoms with Crippen LogP contribution < -0.4 is 4.57 Å². The van der Waals surface area contributed by atoms with Gasteiger partial charge in [-0.2, -0.15) is 9.83 Å². The van der Waals surface area contributed by atoms with Crippen LogP contribution in [-0.2, 0) is 9.53 Å². The molecule has 0 radical (unpaired) electrons. The highest BCUT2D eigenvalue weighted by atomic mass is 32.2. The Balaban J connectivity index is 3.13. The molecule has 1 heterocycles. The van der Waals surface area contributed by atoms with Gasteiger partial charge in [0.2, 0.25) is 5.70 Å². The molecule has 0 saturated carbocycles. The van der Waals surface area contributed by atoms with Crippen LogP contribution in [-0.4, -0.2) is 24.6 Å². The number of aromatic nitrogens is 1. The average molecular weight is 321 g/mol. The molecule has 1 rings (SSSR count). The normalized spacial score (nSPS) is 11.9. The standard InChI is InChI=1S/C15H17N2O2S2/c1-3-19-14(18)8-7-13(15(20-2)21-12-9-16)17-10-5-4-6-11-17/h4-8,10-11H,3,12H2,1-2H3/q+1/b8-7+,15-13-. The summed E-state index contributed by atoms with van der Waals surface area (Å²) in [7, 11) is 0. The Morgan fingerprint density at radius 2 is 2.05 bits per heavy atom. The van der Waals surface area contributed by atoms with Crippen LogP contribution in [0.4, 0.5) is 0 Å². The van der Waals surface area contributed by atoms with Crippen LogP contribution >= 0.6 is 23.5 Å². The number of hydrogen-bond donors (Lipinski definition) is 0. The monoisotopic (exact) mass is 321 g/mol. The van der Waals surface area contributed by atoms with E-state index in [0.29, 0.717) is 12.4 Å². The third kappa shape index (κ3) is 6.06. The van der Waals surface area contributed by atoms with E-state index in [4.69, 9.17) is 10.00 Å². The van der Waals surface area contributed by atoms with Gasteiger partial charge in [0.1, 0.15) is 4.24 Å². The van der Waals surface area contributed by atoms with Crippen LogP contribution in [0, 0.1) is 11.3 Å². The molecule has 0 N–H and O–H groups in total. The SMILES string of the molecule is CCOC(=O)/C=C/C(=C(\SC)SCC#N)[n+]1ccccc1. The number of rotatable bonds is 7. The lowest BCUT2D eigenvalue weighted by Crippen LogP contribution is -2.30. The summed E-state index contributed by atoms with van der Waals surface area (Å²) < 4.78 is 7.77. The summed E-state index contributed by atoms with van der Waals surface area (Å²) in [6.07, 6.45) is 8.86. The second kappa shape index (κ2) is 10.1. The largest absolute Gasteiger partial charge is 0.463 e. The lowest BCUT2D eigenvalue weighted by atomic mass is 10.3. The molecule has 0 saturated heterocycles. The lowest BCUT2D eigenvalue weighted by Gasteiger charge is -2.03. The maximum atomic E-state index is 11.5. The molecule has 0 unspecified atom stereocenters. The number of thioether (sulfide) groups is 2. The summed E-state index contributed by atoms with van der Waals surface area (Å²) in [6.45, 7) is 2.11. The zero-order valence-corrected chi connectivity index (χ0v) is 13.6. The molecule has 1 aromatic rings. The van der Waals surface area contributed by atoms with E-state index < -0.39 is 0 Å². The third-order valence-electron chi connectivity index (χ3n) is 2.32. The maximum absolute atomic E-state index is 11.5. The van der Waals surface area contributed by atoms with Crippen molar-refractivity contribution in [2.24, 2.45) is 0 Å². The van der Waals surface area contributed by atoms with E-state index in [1.165, 1.54) is 17.8 Å². The van der Waals surface area contributed by atoms with Crippen LogP contribution in [0.25, 0.3) is 5.70 Å². The number of pyridine rings is 1. The second-order valence-electron chi connectivity index (χ2n) is 3.69. The average Bonchev–Trinajstić information content (AvgIpc) is 2.51. The first-order valence-electron chi connectivity index (χ1n) is 6.32. The molecule has 0 spiro atoms. The minimum atomic E-state index is -0.378. The minimum Gasteiger partial charge on any atom is -0.463 e. The Morgan fingerprint density at radius 1 is 1.33 bits per heavy atom. The minimum absolute atomic E-state index is 0.346. The van der Waals surface area contributed by atoms with E-state index >= 15 is 0 Å².